The third-order valence-electron chi connectivity index (χ3n) is 3.53. The number of carbonyl (C=O) groups excluding carboxylic acids is 1. The summed E-state index contributed by atoms with van der Waals surface area (Å²) in [6.45, 7) is 2.85. The van der Waals surface area contributed by atoms with E-state index in [9.17, 15) is 18.0 Å². The standard InChI is InChI=1S/C17H19F3N2OS/c1-12-6-7-24-15(12)9-21-16(23)11-22(2)10-13-4-3-5-14(8-13)17(18,19)20/h3-8H,9-11H2,1-2H3,(H,21,23). The van der Waals surface area contributed by atoms with Gasteiger partial charge in [0.1, 0.15) is 0 Å². The average molecular weight is 356 g/mol. The number of benzene rings is 1. The van der Waals surface area contributed by atoms with Crippen LogP contribution in [0.5, 0.6) is 0 Å². The first-order valence-corrected chi connectivity index (χ1v) is 8.28. The second kappa shape index (κ2) is 7.81. The minimum Gasteiger partial charge on any atom is -0.350 e. The predicted molar refractivity (Wildman–Crippen MR) is 88.7 cm³/mol. The van der Waals surface area contributed by atoms with Gasteiger partial charge in [0.2, 0.25) is 5.91 Å². The summed E-state index contributed by atoms with van der Waals surface area (Å²) in [5, 5.41) is 4.80. The Morgan fingerprint density at radius 3 is 2.67 bits per heavy atom. The van der Waals surface area contributed by atoms with E-state index in [1.807, 2.05) is 18.4 Å². The number of hydrogen-bond donors (Lipinski definition) is 1. The predicted octanol–water partition coefficient (Wildman–Crippen LogP) is 3.82. The molecular formula is C17H19F3N2OS. The summed E-state index contributed by atoms with van der Waals surface area (Å²) in [4.78, 5) is 14.7. The van der Waals surface area contributed by atoms with Crippen molar-refractivity contribution < 1.29 is 18.0 Å². The summed E-state index contributed by atoms with van der Waals surface area (Å²) in [5.41, 5.74) is 0.984. The molecule has 0 spiro atoms. The summed E-state index contributed by atoms with van der Waals surface area (Å²) in [6.07, 6.45) is -4.36. The first-order chi connectivity index (χ1) is 11.3. The van der Waals surface area contributed by atoms with Crippen LogP contribution in [0, 0.1) is 6.92 Å². The number of amides is 1. The lowest BCUT2D eigenvalue weighted by Crippen LogP contribution is -2.34. The van der Waals surface area contributed by atoms with E-state index in [1.54, 1.807) is 29.4 Å². The zero-order valence-electron chi connectivity index (χ0n) is 13.5. The van der Waals surface area contributed by atoms with E-state index >= 15 is 0 Å². The first kappa shape index (κ1) is 18.5. The Kier molecular flexibility index (Phi) is 6.01. The number of alkyl halides is 3. The molecule has 0 saturated carbocycles. The van der Waals surface area contributed by atoms with Crippen molar-refractivity contribution in [3.8, 4) is 0 Å². The maximum absolute atomic E-state index is 12.7. The lowest BCUT2D eigenvalue weighted by molar-refractivity contribution is -0.137. The van der Waals surface area contributed by atoms with Crippen molar-refractivity contribution in [3.63, 3.8) is 0 Å². The highest BCUT2D eigenvalue weighted by Crippen LogP contribution is 2.29. The van der Waals surface area contributed by atoms with Crippen molar-refractivity contribution in [2.24, 2.45) is 0 Å². The van der Waals surface area contributed by atoms with E-state index in [0.717, 1.165) is 22.6 Å². The molecule has 0 fully saturated rings. The van der Waals surface area contributed by atoms with Gasteiger partial charge in [-0.15, -0.1) is 11.3 Å². The van der Waals surface area contributed by atoms with Crippen molar-refractivity contribution in [1.82, 2.24) is 10.2 Å². The topological polar surface area (TPSA) is 32.3 Å². The van der Waals surface area contributed by atoms with Gasteiger partial charge in [0.15, 0.2) is 0 Å². The minimum atomic E-state index is -4.36. The highest BCUT2D eigenvalue weighted by Gasteiger charge is 2.30. The third-order valence-corrected chi connectivity index (χ3v) is 4.56. The van der Waals surface area contributed by atoms with Gasteiger partial charge in [0, 0.05) is 11.4 Å². The molecule has 0 aliphatic carbocycles. The Balaban J connectivity index is 1.85. The van der Waals surface area contributed by atoms with Crippen LogP contribution in [-0.2, 0) is 24.1 Å². The van der Waals surface area contributed by atoms with Crippen LogP contribution in [0.3, 0.4) is 0 Å². The number of aryl methyl sites for hydroxylation is 1. The summed E-state index contributed by atoms with van der Waals surface area (Å²) >= 11 is 1.58. The molecule has 7 heteroatoms. The fourth-order valence-electron chi connectivity index (χ4n) is 2.28. The number of rotatable bonds is 6. The van der Waals surface area contributed by atoms with E-state index in [0.29, 0.717) is 12.1 Å². The van der Waals surface area contributed by atoms with Crippen LogP contribution < -0.4 is 5.32 Å². The zero-order valence-corrected chi connectivity index (χ0v) is 14.3. The Bertz CT molecular complexity index is 697. The number of thiophene rings is 1. The maximum atomic E-state index is 12.7. The van der Waals surface area contributed by atoms with Gasteiger partial charge in [0.25, 0.3) is 0 Å². The van der Waals surface area contributed by atoms with Crippen LogP contribution >= 0.6 is 11.3 Å². The second-order valence-electron chi connectivity index (χ2n) is 5.67. The van der Waals surface area contributed by atoms with Crippen LogP contribution in [0.4, 0.5) is 13.2 Å². The number of halogens is 3. The molecule has 0 aliphatic rings. The minimum absolute atomic E-state index is 0.126. The molecule has 1 amide bonds. The second-order valence-corrected chi connectivity index (χ2v) is 6.67. The molecule has 0 bridgehead atoms. The van der Waals surface area contributed by atoms with Crippen LogP contribution in [0.2, 0.25) is 0 Å². The molecule has 0 radical (unpaired) electrons. The van der Waals surface area contributed by atoms with Crippen molar-refractivity contribution in [1.29, 1.82) is 0 Å². The molecule has 1 N–H and O–H groups in total. The number of carbonyl (C=O) groups is 1. The van der Waals surface area contributed by atoms with Gasteiger partial charge in [0.05, 0.1) is 18.7 Å². The first-order valence-electron chi connectivity index (χ1n) is 7.40. The van der Waals surface area contributed by atoms with Gasteiger partial charge in [-0.05, 0) is 42.6 Å². The molecule has 130 valence electrons. The van der Waals surface area contributed by atoms with Gasteiger partial charge in [-0.2, -0.15) is 13.2 Å². The highest BCUT2D eigenvalue weighted by atomic mass is 32.1. The summed E-state index contributed by atoms with van der Waals surface area (Å²) < 4.78 is 38.1. The molecule has 2 rings (SSSR count). The summed E-state index contributed by atoms with van der Waals surface area (Å²) in [7, 11) is 1.70. The number of nitrogens with one attached hydrogen (secondary N) is 1. The zero-order chi connectivity index (χ0) is 17.7. The fraction of sp³-hybridized carbons (Fsp3) is 0.353. The van der Waals surface area contributed by atoms with Crippen molar-refractivity contribution in [3.05, 3.63) is 57.3 Å². The van der Waals surface area contributed by atoms with Crippen LogP contribution in [-0.4, -0.2) is 24.4 Å². The molecule has 3 nitrogen and oxygen atoms in total. The van der Waals surface area contributed by atoms with Gasteiger partial charge >= 0.3 is 6.18 Å². The van der Waals surface area contributed by atoms with Crippen LogP contribution in [0.15, 0.2) is 35.7 Å². The largest absolute Gasteiger partial charge is 0.416 e. The number of likely N-dealkylation sites (N-methyl/N-ethyl adjacent to an activating group) is 1. The lowest BCUT2D eigenvalue weighted by Gasteiger charge is -2.17. The molecular weight excluding hydrogens is 337 g/mol. The van der Waals surface area contributed by atoms with E-state index in [-0.39, 0.29) is 19.0 Å². The molecule has 0 unspecified atom stereocenters. The average Bonchev–Trinajstić information content (AvgIpc) is 2.89. The van der Waals surface area contributed by atoms with Gasteiger partial charge in [-0.1, -0.05) is 18.2 Å². The summed E-state index contributed by atoms with van der Waals surface area (Å²) in [6, 6.07) is 7.15. The third kappa shape index (κ3) is 5.35. The summed E-state index contributed by atoms with van der Waals surface area (Å²) in [5.74, 6) is -0.155. The van der Waals surface area contributed by atoms with Crippen molar-refractivity contribution in [2.75, 3.05) is 13.6 Å². The van der Waals surface area contributed by atoms with Crippen LogP contribution in [0.25, 0.3) is 0 Å². The molecule has 24 heavy (non-hydrogen) atoms. The molecule has 1 heterocycles. The molecule has 1 aromatic heterocycles. The van der Waals surface area contributed by atoms with Crippen molar-refractivity contribution >= 4 is 17.2 Å². The SMILES string of the molecule is Cc1ccsc1CNC(=O)CN(C)Cc1cccc(C(F)(F)F)c1. The highest BCUT2D eigenvalue weighted by molar-refractivity contribution is 7.10. The monoisotopic (exact) mass is 356 g/mol. The number of nitrogens with zero attached hydrogens (tertiary/aromatic N) is 1. The molecule has 1 aromatic carbocycles. The Hall–Kier alpha value is -1.86. The normalized spacial score (nSPS) is 11.8. The van der Waals surface area contributed by atoms with E-state index in [4.69, 9.17) is 0 Å². The Labute approximate surface area is 143 Å². The molecule has 0 atom stereocenters. The lowest BCUT2D eigenvalue weighted by atomic mass is 10.1. The fourth-order valence-corrected chi connectivity index (χ4v) is 3.12. The number of hydrogen-bond acceptors (Lipinski definition) is 3. The van der Waals surface area contributed by atoms with Crippen LogP contribution in [0.1, 0.15) is 21.6 Å². The van der Waals surface area contributed by atoms with Gasteiger partial charge < -0.3 is 5.32 Å². The molecule has 2 aromatic rings. The van der Waals surface area contributed by atoms with E-state index in [1.165, 1.54) is 6.07 Å². The quantitative estimate of drug-likeness (QED) is 0.853. The van der Waals surface area contributed by atoms with E-state index < -0.39 is 11.7 Å². The molecule has 0 saturated heterocycles. The van der Waals surface area contributed by atoms with E-state index in [2.05, 4.69) is 5.32 Å². The van der Waals surface area contributed by atoms with Crippen molar-refractivity contribution in [2.45, 2.75) is 26.2 Å². The molecule has 0 aliphatic heterocycles. The Morgan fingerprint density at radius 1 is 1.29 bits per heavy atom. The smallest absolute Gasteiger partial charge is 0.350 e. The Morgan fingerprint density at radius 2 is 2.04 bits per heavy atom. The van der Waals surface area contributed by atoms with Gasteiger partial charge in [-0.3, -0.25) is 9.69 Å². The maximum Gasteiger partial charge on any atom is 0.416 e. The van der Waals surface area contributed by atoms with Gasteiger partial charge in [-0.25, -0.2) is 0 Å².